The summed E-state index contributed by atoms with van der Waals surface area (Å²) in [6.07, 6.45) is 2.97. The van der Waals surface area contributed by atoms with Crippen molar-refractivity contribution in [1.29, 1.82) is 0 Å². The lowest BCUT2D eigenvalue weighted by atomic mass is 9.95. The Balaban J connectivity index is 1.77. The number of hydrogen-bond acceptors (Lipinski definition) is 3. The van der Waals surface area contributed by atoms with Crippen molar-refractivity contribution in [3.8, 4) is 0 Å². The third-order valence-corrected chi connectivity index (χ3v) is 3.25. The first kappa shape index (κ1) is 13.6. The number of benzene rings is 1. The topological polar surface area (TPSA) is 50.4 Å². The van der Waals surface area contributed by atoms with E-state index in [1.165, 1.54) is 17.4 Å². The first-order valence-corrected chi connectivity index (χ1v) is 6.61. The lowest BCUT2D eigenvalue weighted by molar-refractivity contribution is -0.123. The highest BCUT2D eigenvalue weighted by Crippen LogP contribution is 2.16. The van der Waals surface area contributed by atoms with E-state index in [1.807, 2.05) is 12.1 Å². The largest absolute Gasteiger partial charge is 0.502 e. The molecule has 1 unspecified atom stereocenters. The molecule has 0 radical (unpaired) electrons. The first-order chi connectivity index (χ1) is 9.31. The van der Waals surface area contributed by atoms with Crippen LogP contribution in [0.25, 0.3) is 0 Å². The highest BCUT2D eigenvalue weighted by Gasteiger charge is 2.23. The van der Waals surface area contributed by atoms with Crippen LogP contribution in [0.1, 0.15) is 17.5 Å². The number of amides is 1. The predicted molar refractivity (Wildman–Crippen MR) is 74.5 cm³/mol. The van der Waals surface area contributed by atoms with Crippen molar-refractivity contribution in [2.45, 2.75) is 25.4 Å². The molecular formula is C15H20N2O2. The van der Waals surface area contributed by atoms with Crippen molar-refractivity contribution in [1.82, 2.24) is 10.6 Å². The van der Waals surface area contributed by atoms with E-state index in [0.717, 1.165) is 19.4 Å². The van der Waals surface area contributed by atoms with Gasteiger partial charge >= 0.3 is 0 Å². The van der Waals surface area contributed by atoms with Crippen LogP contribution in [0.4, 0.5) is 0 Å². The van der Waals surface area contributed by atoms with Gasteiger partial charge in [0.2, 0.25) is 5.91 Å². The Morgan fingerprint density at radius 3 is 3.05 bits per heavy atom. The summed E-state index contributed by atoms with van der Waals surface area (Å²) in [7, 11) is 0. The fourth-order valence-electron chi connectivity index (χ4n) is 2.21. The molecule has 1 aromatic rings. The lowest BCUT2D eigenvalue weighted by Crippen LogP contribution is -2.47. The summed E-state index contributed by atoms with van der Waals surface area (Å²) in [6, 6.07) is 8.11. The van der Waals surface area contributed by atoms with E-state index < -0.39 is 0 Å². The molecule has 1 aromatic carbocycles. The molecule has 1 amide bonds. The highest BCUT2D eigenvalue weighted by atomic mass is 16.5. The zero-order valence-corrected chi connectivity index (χ0v) is 11.0. The number of carbonyl (C=O) groups excluding carboxylic acids is 1. The van der Waals surface area contributed by atoms with Crippen molar-refractivity contribution >= 4 is 5.91 Å². The van der Waals surface area contributed by atoms with E-state index in [1.54, 1.807) is 0 Å². The minimum Gasteiger partial charge on any atom is -0.502 e. The maximum atomic E-state index is 12.0. The molecule has 0 aliphatic carbocycles. The molecule has 0 fully saturated rings. The van der Waals surface area contributed by atoms with Crippen molar-refractivity contribution in [2.24, 2.45) is 0 Å². The van der Waals surface area contributed by atoms with Gasteiger partial charge in [-0.2, -0.15) is 0 Å². The predicted octanol–water partition coefficient (Wildman–Crippen LogP) is 1.37. The molecule has 0 spiro atoms. The molecule has 4 heteroatoms. The molecule has 0 saturated heterocycles. The van der Waals surface area contributed by atoms with E-state index in [2.05, 4.69) is 29.3 Å². The van der Waals surface area contributed by atoms with Gasteiger partial charge in [-0.15, -0.1) is 0 Å². The summed E-state index contributed by atoms with van der Waals surface area (Å²) in [5, 5.41) is 6.19. The van der Waals surface area contributed by atoms with Crippen LogP contribution in [0.5, 0.6) is 0 Å². The van der Waals surface area contributed by atoms with E-state index in [9.17, 15) is 4.79 Å². The minimum atomic E-state index is -0.129. The van der Waals surface area contributed by atoms with Gasteiger partial charge in [-0.3, -0.25) is 4.79 Å². The van der Waals surface area contributed by atoms with E-state index in [0.29, 0.717) is 13.2 Å². The second kappa shape index (κ2) is 6.95. The molecule has 1 atom stereocenters. The van der Waals surface area contributed by atoms with Crippen LogP contribution in [0, 0.1) is 0 Å². The van der Waals surface area contributed by atoms with Gasteiger partial charge in [0.1, 0.15) is 0 Å². The molecule has 1 aliphatic heterocycles. The lowest BCUT2D eigenvalue weighted by Gasteiger charge is -2.25. The van der Waals surface area contributed by atoms with E-state index in [-0.39, 0.29) is 11.9 Å². The van der Waals surface area contributed by atoms with E-state index >= 15 is 0 Å². The van der Waals surface area contributed by atoms with Gasteiger partial charge in [0.25, 0.3) is 0 Å². The summed E-state index contributed by atoms with van der Waals surface area (Å²) in [5.41, 5.74) is 2.54. The molecule has 0 aromatic heterocycles. The molecular weight excluding hydrogens is 240 g/mol. The van der Waals surface area contributed by atoms with Gasteiger partial charge < -0.3 is 15.4 Å². The maximum Gasteiger partial charge on any atom is 0.237 e. The van der Waals surface area contributed by atoms with Crippen molar-refractivity contribution in [3.63, 3.8) is 0 Å². The zero-order chi connectivity index (χ0) is 13.5. The van der Waals surface area contributed by atoms with Crippen LogP contribution >= 0.6 is 0 Å². The quantitative estimate of drug-likeness (QED) is 0.600. The maximum absolute atomic E-state index is 12.0. The second-order valence-electron chi connectivity index (χ2n) is 4.59. The van der Waals surface area contributed by atoms with Gasteiger partial charge in [0.05, 0.1) is 18.9 Å². The molecule has 2 N–H and O–H groups in total. The van der Waals surface area contributed by atoms with Crippen LogP contribution < -0.4 is 10.6 Å². The molecule has 1 heterocycles. The zero-order valence-electron chi connectivity index (χ0n) is 11.0. The molecule has 0 saturated carbocycles. The minimum absolute atomic E-state index is 0.0631. The Hall–Kier alpha value is -1.81. The van der Waals surface area contributed by atoms with Crippen molar-refractivity contribution in [3.05, 3.63) is 48.2 Å². The Morgan fingerprint density at radius 2 is 2.26 bits per heavy atom. The van der Waals surface area contributed by atoms with Crippen LogP contribution in [-0.4, -0.2) is 25.1 Å². The summed E-state index contributed by atoms with van der Waals surface area (Å²) < 4.78 is 5.00. The Morgan fingerprint density at radius 1 is 1.47 bits per heavy atom. The average Bonchev–Trinajstić information content (AvgIpc) is 2.46. The normalized spacial score (nSPS) is 17.4. The third kappa shape index (κ3) is 3.83. The average molecular weight is 260 g/mol. The molecule has 4 nitrogen and oxygen atoms in total. The van der Waals surface area contributed by atoms with Gasteiger partial charge in [-0.25, -0.2) is 0 Å². The molecule has 1 aliphatic rings. The van der Waals surface area contributed by atoms with E-state index in [4.69, 9.17) is 4.74 Å². The fraction of sp³-hybridized carbons (Fsp3) is 0.400. The Kier molecular flexibility index (Phi) is 4.98. The summed E-state index contributed by atoms with van der Waals surface area (Å²) >= 11 is 0. The van der Waals surface area contributed by atoms with Crippen LogP contribution in [0.2, 0.25) is 0 Å². The second-order valence-corrected chi connectivity index (χ2v) is 4.59. The Bertz CT molecular complexity index is 446. The van der Waals surface area contributed by atoms with Gasteiger partial charge in [0, 0.05) is 13.1 Å². The standard InChI is InChI=1S/C15H20N2O2/c1-2-19-9-5-8-16-15(18)14-10-12-6-3-4-7-13(12)11-17-14/h2-4,6-7,14,17H,1,5,8-11H2,(H,16,18). The number of rotatable bonds is 6. The first-order valence-electron chi connectivity index (χ1n) is 6.61. The van der Waals surface area contributed by atoms with Crippen molar-refractivity contribution in [2.75, 3.05) is 13.2 Å². The van der Waals surface area contributed by atoms with Gasteiger partial charge in [0.15, 0.2) is 0 Å². The van der Waals surface area contributed by atoms with Crippen LogP contribution in [-0.2, 0) is 22.5 Å². The van der Waals surface area contributed by atoms with Gasteiger partial charge in [-0.05, 0) is 24.0 Å². The number of carbonyl (C=O) groups is 1. The smallest absolute Gasteiger partial charge is 0.237 e. The molecule has 0 bridgehead atoms. The molecule has 2 rings (SSSR count). The molecule has 19 heavy (non-hydrogen) atoms. The number of fused-ring (bicyclic) bond motifs is 1. The summed E-state index contributed by atoms with van der Waals surface area (Å²) in [4.78, 5) is 12.0. The highest BCUT2D eigenvalue weighted by molar-refractivity contribution is 5.82. The van der Waals surface area contributed by atoms with Crippen LogP contribution in [0.15, 0.2) is 37.1 Å². The SMILES string of the molecule is C=COCCCNC(=O)C1Cc2ccccc2CN1. The van der Waals surface area contributed by atoms with Crippen molar-refractivity contribution < 1.29 is 9.53 Å². The van der Waals surface area contributed by atoms with Gasteiger partial charge in [-0.1, -0.05) is 30.8 Å². The third-order valence-electron chi connectivity index (χ3n) is 3.25. The fourth-order valence-corrected chi connectivity index (χ4v) is 2.21. The number of ether oxygens (including phenoxy) is 1. The molecule has 102 valence electrons. The summed E-state index contributed by atoms with van der Waals surface area (Å²) in [6.45, 7) is 5.45. The number of nitrogens with one attached hydrogen (secondary N) is 2. The summed E-state index contributed by atoms with van der Waals surface area (Å²) in [5.74, 6) is 0.0631. The van der Waals surface area contributed by atoms with Crippen LogP contribution in [0.3, 0.4) is 0 Å². The number of hydrogen-bond donors (Lipinski definition) is 2. The monoisotopic (exact) mass is 260 g/mol. The Labute approximate surface area is 113 Å².